The van der Waals surface area contributed by atoms with Gasteiger partial charge in [-0.1, -0.05) is 44.2 Å². The van der Waals surface area contributed by atoms with E-state index in [2.05, 4.69) is 25.2 Å². The Hall–Kier alpha value is -2.00. The molecule has 0 fully saturated rings. The van der Waals surface area contributed by atoms with Crippen molar-refractivity contribution in [2.45, 2.75) is 33.0 Å². The summed E-state index contributed by atoms with van der Waals surface area (Å²) in [6.07, 6.45) is 0. The molecule has 0 saturated heterocycles. The summed E-state index contributed by atoms with van der Waals surface area (Å²) in [5.74, 6) is 1.17. The zero-order chi connectivity index (χ0) is 14.4. The number of phenols is 1. The molecular formula is C17H21NO2. The van der Waals surface area contributed by atoms with Crippen LogP contribution in [-0.4, -0.2) is 11.1 Å². The predicted molar refractivity (Wildman–Crippen MR) is 80.9 cm³/mol. The van der Waals surface area contributed by atoms with Crippen LogP contribution in [0.25, 0.3) is 0 Å². The lowest BCUT2D eigenvalue weighted by molar-refractivity contribution is 0.301. The van der Waals surface area contributed by atoms with Gasteiger partial charge in [-0.2, -0.15) is 0 Å². The third kappa shape index (κ3) is 4.28. The fourth-order valence-electron chi connectivity index (χ4n) is 1.86. The van der Waals surface area contributed by atoms with E-state index in [0.717, 1.165) is 23.4 Å². The Morgan fingerprint density at radius 3 is 2.45 bits per heavy atom. The molecule has 2 N–H and O–H groups in total. The number of benzene rings is 2. The Morgan fingerprint density at radius 2 is 1.75 bits per heavy atom. The van der Waals surface area contributed by atoms with E-state index in [0.29, 0.717) is 12.6 Å². The Morgan fingerprint density at radius 1 is 1.05 bits per heavy atom. The first-order valence-electron chi connectivity index (χ1n) is 6.87. The molecule has 2 rings (SSSR count). The molecule has 2 aromatic carbocycles. The van der Waals surface area contributed by atoms with Gasteiger partial charge < -0.3 is 15.2 Å². The van der Waals surface area contributed by atoms with E-state index in [1.54, 1.807) is 12.1 Å². The van der Waals surface area contributed by atoms with E-state index in [-0.39, 0.29) is 5.75 Å². The number of hydrogen-bond acceptors (Lipinski definition) is 3. The number of phenolic OH excluding ortho intramolecular Hbond substituents is 1. The monoisotopic (exact) mass is 271 g/mol. The molecule has 0 aliphatic heterocycles. The molecule has 0 spiro atoms. The zero-order valence-corrected chi connectivity index (χ0v) is 12.0. The number of rotatable bonds is 6. The van der Waals surface area contributed by atoms with Crippen LogP contribution in [-0.2, 0) is 13.2 Å². The normalized spacial score (nSPS) is 10.8. The van der Waals surface area contributed by atoms with Crippen LogP contribution in [0.4, 0.5) is 0 Å². The molecule has 106 valence electrons. The second-order valence-corrected chi connectivity index (χ2v) is 5.10. The van der Waals surface area contributed by atoms with Crippen molar-refractivity contribution in [3.63, 3.8) is 0 Å². The highest BCUT2D eigenvalue weighted by atomic mass is 16.5. The van der Waals surface area contributed by atoms with Crippen molar-refractivity contribution in [3.05, 3.63) is 59.7 Å². The molecule has 0 aliphatic carbocycles. The van der Waals surface area contributed by atoms with Crippen molar-refractivity contribution in [2.75, 3.05) is 0 Å². The van der Waals surface area contributed by atoms with E-state index in [4.69, 9.17) is 4.74 Å². The number of nitrogens with one attached hydrogen (secondary N) is 1. The van der Waals surface area contributed by atoms with Crippen molar-refractivity contribution in [1.82, 2.24) is 5.32 Å². The summed E-state index contributed by atoms with van der Waals surface area (Å²) in [6, 6.07) is 15.6. The Kier molecular flexibility index (Phi) is 5.02. The van der Waals surface area contributed by atoms with Gasteiger partial charge in [-0.3, -0.25) is 0 Å². The van der Waals surface area contributed by atoms with Crippen LogP contribution in [0.5, 0.6) is 11.5 Å². The lowest BCUT2D eigenvalue weighted by Gasteiger charge is -2.13. The molecule has 0 bridgehead atoms. The molecule has 0 radical (unpaired) electrons. The molecule has 3 heteroatoms. The summed E-state index contributed by atoms with van der Waals surface area (Å²) in [5, 5.41) is 12.7. The van der Waals surface area contributed by atoms with E-state index in [9.17, 15) is 5.11 Å². The van der Waals surface area contributed by atoms with Crippen molar-refractivity contribution in [2.24, 2.45) is 0 Å². The molecule has 0 atom stereocenters. The first kappa shape index (κ1) is 14.4. The predicted octanol–water partition coefficient (Wildman–Crippen LogP) is 3.47. The maximum Gasteiger partial charge on any atom is 0.124 e. The number of aromatic hydroxyl groups is 1. The van der Waals surface area contributed by atoms with Gasteiger partial charge >= 0.3 is 0 Å². The minimum absolute atomic E-state index is 0.273. The highest BCUT2D eigenvalue weighted by Gasteiger charge is 2.04. The van der Waals surface area contributed by atoms with Crippen LogP contribution < -0.4 is 10.1 Å². The molecule has 2 aromatic rings. The maximum atomic E-state index is 9.26. The van der Waals surface area contributed by atoms with E-state index in [1.165, 1.54) is 0 Å². The molecular weight excluding hydrogens is 250 g/mol. The van der Waals surface area contributed by atoms with E-state index in [1.807, 2.05) is 30.3 Å². The fraction of sp³-hybridized carbons (Fsp3) is 0.294. The molecule has 0 saturated carbocycles. The summed E-state index contributed by atoms with van der Waals surface area (Å²) in [4.78, 5) is 0. The van der Waals surface area contributed by atoms with Crippen molar-refractivity contribution >= 4 is 0 Å². The fourth-order valence-corrected chi connectivity index (χ4v) is 1.86. The lowest BCUT2D eigenvalue weighted by atomic mass is 10.2. The molecule has 20 heavy (non-hydrogen) atoms. The summed E-state index contributed by atoms with van der Waals surface area (Å²) < 4.78 is 5.87. The number of hydrogen-bond donors (Lipinski definition) is 2. The average Bonchev–Trinajstić information content (AvgIpc) is 2.45. The summed E-state index contributed by atoms with van der Waals surface area (Å²) >= 11 is 0. The summed E-state index contributed by atoms with van der Waals surface area (Å²) in [7, 11) is 0. The Bertz CT molecular complexity index is 535. The highest BCUT2D eigenvalue weighted by molar-refractivity contribution is 5.34. The topological polar surface area (TPSA) is 41.5 Å². The van der Waals surface area contributed by atoms with Crippen LogP contribution in [0, 0.1) is 0 Å². The molecule has 0 heterocycles. The summed E-state index contributed by atoms with van der Waals surface area (Å²) in [5.41, 5.74) is 2.19. The minimum atomic E-state index is 0.273. The Labute approximate surface area is 120 Å². The average molecular weight is 271 g/mol. The minimum Gasteiger partial charge on any atom is -0.508 e. The third-order valence-electron chi connectivity index (χ3n) is 3.00. The van der Waals surface area contributed by atoms with Crippen molar-refractivity contribution in [1.29, 1.82) is 0 Å². The smallest absolute Gasteiger partial charge is 0.124 e. The molecule has 0 unspecified atom stereocenters. The first-order valence-corrected chi connectivity index (χ1v) is 6.87. The van der Waals surface area contributed by atoms with Gasteiger partial charge in [0.2, 0.25) is 0 Å². The van der Waals surface area contributed by atoms with Gasteiger partial charge in [0, 0.05) is 18.2 Å². The van der Waals surface area contributed by atoms with Crippen molar-refractivity contribution in [3.8, 4) is 11.5 Å². The van der Waals surface area contributed by atoms with E-state index < -0.39 is 0 Å². The van der Waals surface area contributed by atoms with Crippen molar-refractivity contribution < 1.29 is 9.84 Å². The van der Waals surface area contributed by atoms with Crippen LogP contribution in [0.2, 0.25) is 0 Å². The highest BCUT2D eigenvalue weighted by Crippen LogP contribution is 2.20. The second-order valence-electron chi connectivity index (χ2n) is 5.10. The second kappa shape index (κ2) is 6.96. The number of para-hydroxylation sites is 1. The van der Waals surface area contributed by atoms with Gasteiger partial charge in [0.05, 0.1) is 0 Å². The number of ether oxygens (including phenoxy) is 1. The van der Waals surface area contributed by atoms with Crippen LogP contribution in [0.1, 0.15) is 25.0 Å². The maximum absolute atomic E-state index is 9.26. The standard InChI is InChI=1S/C17H21NO2/c1-13(2)18-11-15-5-3-4-6-17(15)20-12-14-7-9-16(19)10-8-14/h3-10,13,18-19H,11-12H2,1-2H3. The van der Waals surface area contributed by atoms with Gasteiger partial charge in [-0.25, -0.2) is 0 Å². The molecule has 3 nitrogen and oxygen atoms in total. The van der Waals surface area contributed by atoms with Crippen LogP contribution in [0.15, 0.2) is 48.5 Å². The first-order chi connectivity index (χ1) is 9.65. The Balaban J connectivity index is 1.99. The lowest BCUT2D eigenvalue weighted by Crippen LogP contribution is -2.22. The van der Waals surface area contributed by atoms with Gasteiger partial charge in [0.25, 0.3) is 0 Å². The SMILES string of the molecule is CC(C)NCc1ccccc1OCc1ccc(O)cc1. The molecule has 0 amide bonds. The van der Waals surface area contributed by atoms with Crippen LogP contribution >= 0.6 is 0 Å². The van der Waals surface area contributed by atoms with Gasteiger partial charge in [-0.15, -0.1) is 0 Å². The van der Waals surface area contributed by atoms with E-state index >= 15 is 0 Å². The van der Waals surface area contributed by atoms with Gasteiger partial charge in [0.1, 0.15) is 18.1 Å². The third-order valence-corrected chi connectivity index (χ3v) is 3.00. The molecule has 0 aliphatic rings. The van der Waals surface area contributed by atoms with Crippen LogP contribution in [0.3, 0.4) is 0 Å². The zero-order valence-electron chi connectivity index (χ0n) is 12.0. The molecule has 0 aromatic heterocycles. The van der Waals surface area contributed by atoms with Gasteiger partial charge in [-0.05, 0) is 23.8 Å². The quantitative estimate of drug-likeness (QED) is 0.845. The largest absolute Gasteiger partial charge is 0.508 e. The summed E-state index contributed by atoms with van der Waals surface area (Å²) in [6.45, 7) is 5.54. The van der Waals surface area contributed by atoms with Gasteiger partial charge in [0.15, 0.2) is 0 Å².